The van der Waals surface area contributed by atoms with E-state index in [0.717, 1.165) is 16.9 Å². The molecule has 2 rings (SSSR count). The zero-order valence-electron chi connectivity index (χ0n) is 14.8. The fraction of sp³-hybridized carbons (Fsp3) is 0.368. The van der Waals surface area contributed by atoms with Gasteiger partial charge in [-0.1, -0.05) is 35.9 Å². The number of anilines is 1. The topological polar surface area (TPSA) is 57.3 Å². The maximum atomic E-state index is 12.6. The van der Waals surface area contributed by atoms with Crippen molar-refractivity contribution < 1.29 is 4.79 Å². The largest absolute Gasteiger partial charge is 0.368 e. The molecule has 0 aliphatic heterocycles. The number of nitrogens with zero attached hydrogens (tertiary/aromatic N) is 2. The SMILES string of the molecule is Cc1ccc([C@H](C(=O)NCCNc2ncccc2C)N(C)C)cc1. The number of hydrogen-bond acceptors (Lipinski definition) is 4. The van der Waals surface area contributed by atoms with E-state index in [2.05, 4.69) is 15.6 Å². The Labute approximate surface area is 144 Å². The predicted octanol–water partition coefficient (Wildman–Crippen LogP) is 2.53. The molecule has 128 valence electrons. The summed E-state index contributed by atoms with van der Waals surface area (Å²) < 4.78 is 0. The summed E-state index contributed by atoms with van der Waals surface area (Å²) in [5.74, 6) is 0.859. The number of amides is 1. The van der Waals surface area contributed by atoms with E-state index >= 15 is 0 Å². The predicted molar refractivity (Wildman–Crippen MR) is 98.1 cm³/mol. The average Bonchev–Trinajstić information content (AvgIpc) is 2.55. The van der Waals surface area contributed by atoms with Crippen LogP contribution in [0.5, 0.6) is 0 Å². The van der Waals surface area contributed by atoms with Gasteiger partial charge < -0.3 is 10.6 Å². The third-order valence-corrected chi connectivity index (χ3v) is 3.88. The second-order valence-electron chi connectivity index (χ2n) is 6.16. The number of benzene rings is 1. The van der Waals surface area contributed by atoms with E-state index in [1.807, 2.05) is 69.2 Å². The molecule has 2 aromatic rings. The van der Waals surface area contributed by atoms with Crippen molar-refractivity contribution >= 4 is 11.7 Å². The number of hydrogen-bond donors (Lipinski definition) is 2. The van der Waals surface area contributed by atoms with E-state index < -0.39 is 0 Å². The van der Waals surface area contributed by atoms with Gasteiger partial charge in [0.2, 0.25) is 5.91 Å². The highest BCUT2D eigenvalue weighted by Crippen LogP contribution is 2.18. The molecule has 0 aliphatic rings. The molecule has 0 spiro atoms. The van der Waals surface area contributed by atoms with Gasteiger partial charge in [0, 0.05) is 19.3 Å². The van der Waals surface area contributed by atoms with E-state index in [1.165, 1.54) is 5.56 Å². The fourth-order valence-corrected chi connectivity index (χ4v) is 2.57. The summed E-state index contributed by atoms with van der Waals surface area (Å²) in [6.07, 6.45) is 1.76. The van der Waals surface area contributed by atoms with Gasteiger partial charge in [-0.3, -0.25) is 9.69 Å². The highest BCUT2D eigenvalue weighted by atomic mass is 16.2. The zero-order valence-corrected chi connectivity index (χ0v) is 14.8. The number of likely N-dealkylation sites (N-methyl/N-ethyl adjacent to an activating group) is 1. The molecule has 0 aliphatic carbocycles. The van der Waals surface area contributed by atoms with Crippen LogP contribution in [0.25, 0.3) is 0 Å². The van der Waals surface area contributed by atoms with Gasteiger partial charge in [-0.2, -0.15) is 0 Å². The van der Waals surface area contributed by atoms with Gasteiger partial charge in [-0.05, 0) is 45.1 Å². The Bertz CT molecular complexity index is 667. The minimum atomic E-state index is -0.290. The third-order valence-electron chi connectivity index (χ3n) is 3.88. The highest BCUT2D eigenvalue weighted by Gasteiger charge is 2.22. The van der Waals surface area contributed by atoms with Crippen molar-refractivity contribution in [2.24, 2.45) is 0 Å². The molecule has 1 amide bonds. The molecule has 1 aromatic carbocycles. The molecule has 1 atom stereocenters. The minimum absolute atomic E-state index is 0.00314. The normalized spacial score (nSPS) is 12.0. The number of aryl methyl sites for hydroxylation is 2. The maximum Gasteiger partial charge on any atom is 0.242 e. The minimum Gasteiger partial charge on any atom is -0.368 e. The zero-order chi connectivity index (χ0) is 17.5. The van der Waals surface area contributed by atoms with Crippen LogP contribution < -0.4 is 10.6 Å². The molecule has 5 nitrogen and oxygen atoms in total. The van der Waals surface area contributed by atoms with Gasteiger partial charge >= 0.3 is 0 Å². The second-order valence-corrected chi connectivity index (χ2v) is 6.16. The standard InChI is InChI=1S/C19H26N4O/c1-14-7-9-16(10-8-14)17(23(3)4)19(24)22-13-12-21-18-15(2)6-5-11-20-18/h5-11,17H,12-13H2,1-4H3,(H,20,21)(H,22,24)/t17-/m1/s1. The van der Waals surface area contributed by atoms with Crippen LogP contribution in [-0.4, -0.2) is 43.0 Å². The van der Waals surface area contributed by atoms with Crippen molar-refractivity contribution in [3.8, 4) is 0 Å². The van der Waals surface area contributed by atoms with Gasteiger partial charge in [-0.25, -0.2) is 4.98 Å². The monoisotopic (exact) mass is 326 g/mol. The maximum absolute atomic E-state index is 12.6. The Kier molecular flexibility index (Phi) is 6.32. The fourth-order valence-electron chi connectivity index (χ4n) is 2.57. The van der Waals surface area contributed by atoms with Crippen LogP contribution in [0.2, 0.25) is 0 Å². The molecule has 1 aromatic heterocycles. The summed E-state index contributed by atoms with van der Waals surface area (Å²) in [5, 5.41) is 6.24. The summed E-state index contributed by atoms with van der Waals surface area (Å²) >= 11 is 0. The van der Waals surface area contributed by atoms with E-state index in [1.54, 1.807) is 6.20 Å². The van der Waals surface area contributed by atoms with Crippen LogP contribution in [-0.2, 0) is 4.79 Å². The lowest BCUT2D eigenvalue weighted by atomic mass is 10.0. The van der Waals surface area contributed by atoms with E-state index in [9.17, 15) is 4.79 Å². The van der Waals surface area contributed by atoms with Gasteiger partial charge in [0.25, 0.3) is 0 Å². The average molecular weight is 326 g/mol. The summed E-state index contributed by atoms with van der Waals surface area (Å²) in [7, 11) is 3.83. The molecule has 0 radical (unpaired) electrons. The van der Waals surface area contributed by atoms with E-state index in [0.29, 0.717) is 13.1 Å². The smallest absolute Gasteiger partial charge is 0.242 e. The van der Waals surface area contributed by atoms with Crippen molar-refractivity contribution in [2.75, 3.05) is 32.5 Å². The Hall–Kier alpha value is -2.40. The first-order valence-corrected chi connectivity index (χ1v) is 8.15. The Morgan fingerprint density at radius 2 is 1.83 bits per heavy atom. The molecule has 5 heteroatoms. The molecule has 2 N–H and O–H groups in total. The number of aromatic nitrogens is 1. The molecule has 0 unspecified atom stereocenters. The first-order valence-electron chi connectivity index (χ1n) is 8.15. The van der Waals surface area contributed by atoms with Crippen molar-refractivity contribution in [3.05, 3.63) is 59.3 Å². The first kappa shape index (κ1) is 17.9. The number of carbonyl (C=O) groups is 1. The Balaban J connectivity index is 1.89. The van der Waals surface area contributed by atoms with Gasteiger partial charge in [0.05, 0.1) is 0 Å². The molecule has 24 heavy (non-hydrogen) atoms. The molecule has 1 heterocycles. The molecule has 0 saturated heterocycles. The lowest BCUT2D eigenvalue weighted by molar-refractivity contribution is -0.125. The van der Waals surface area contributed by atoms with E-state index in [4.69, 9.17) is 0 Å². The molecule has 0 bridgehead atoms. The first-order chi connectivity index (χ1) is 11.5. The number of nitrogens with one attached hydrogen (secondary N) is 2. The Morgan fingerprint density at radius 3 is 2.46 bits per heavy atom. The van der Waals surface area contributed by atoms with Crippen LogP contribution in [0.15, 0.2) is 42.6 Å². The van der Waals surface area contributed by atoms with Crippen LogP contribution in [0.4, 0.5) is 5.82 Å². The van der Waals surface area contributed by atoms with E-state index in [-0.39, 0.29) is 11.9 Å². The van der Waals surface area contributed by atoms with Crippen molar-refractivity contribution in [1.82, 2.24) is 15.2 Å². The molecular weight excluding hydrogens is 300 g/mol. The summed E-state index contributed by atoms with van der Waals surface area (Å²) in [6.45, 7) is 5.23. The lowest BCUT2D eigenvalue weighted by Gasteiger charge is -2.24. The quantitative estimate of drug-likeness (QED) is 0.768. The van der Waals surface area contributed by atoms with Gasteiger partial charge in [0.15, 0.2) is 0 Å². The summed E-state index contributed by atoms with van der Waals surface area (Å²) in [5.41, 5.74) is 3.28. The highest BCUT2D eigenvalue weighted by molar-refractivity contribution is 5.83. The van der Waals surface area contributed by atoms with Crippen molar-refractivity contribution in [1.29, 1.82) is 0 Å². The number of carbonyl (C=O) groups excluding carboxylic acids is 1. The van der Waals surface area contributed by atoms with Crippen molar-refractivity contribution in [2.45, 2.75) is 19.9 Å². The van der Waals surface area contributed by atoms with Crippen LogP contribution in [0, 0.1) is 13.8 Å². The van der Waals surface area contributed by atoms with Gasteiger partial charge in [-0.15, -0.1) is 0 Å². The van der Waals surface area contributed by atoms with Crippen LogP contribution in [0.3, 0.4) is 0 Å². The van der Waals surface area contributed by atoms with Crippen LogP contribution in [0.1, 0.15) is 22.7 Å². The number of pyridine rings is 1. The molecule has 0 fully saturated rings. The summed E-state index contributed by atoms with van der Waals surface area (Å²) in [4.78, 5) is 18.8. The lowest BCUT2D eigenvalue weighted by Crippen LogP contribution is -2.39. The van der Waals surface area contributed by atoms with Gasteiger partial charge in [0.1, 0.15) is 11.9 Å². The second kappa shape index (κ2) is 8.45. The third kappa shape index (κ3) is 4.80. The molecular formula is C19H26N4O. The Morgan fingerprint density at radius 1 is 1.12 bits per heavy atom. The number of rotatable bonds is 7. The summed E-state index contributed by atoms with van der Waals surface area (Å²) in [6, 6.07) is 11.7. The molecule has 0 saturated carbocycles. The van der Waals surface area contributed by atoms with Crippen molar-refractivity contribution in [3.63, 3.8) is 0 Å². The van der Waals surface area contributed by atoms with Crippen LogP contribution >= 0.6 is 0 Å².